The van der Waals surface area contributed by atoms with Gasteiger partial charge in [-0.05, 0) is 81.7 Å². The van der Waals surface area contributed by atoms with Crippen molar-refractivity contribution in [1.82, 2.24) is 34.4 Å². The van der Waals surface area contributed by atoms with Crippen LogP contribution in [0.15, 0.2) is 55.3 Å². The second-order valence-corrected chi connectivity index (χ2v) is 14.7. The Kier molecular flexibility index (Phi) is 18.7. The number of amides is 3. The number of hydrogen-bond donors (Lipinski definition) is 0. The number of hydrogen-bond acceptors (Lipinski definition) is 7. The predicted molar refractivity (Wildman–Crippen MR) is 214 cm³/mol. The van der Waals surface area contributed by atoms with Crippen molar-refractivity contribution in [1.29, 1.82) is 0 Å². The smallest absolute Gasteiger partial charge is 0.229 e. The molecule has 3 amide bonds. The summed E-state index contributed by atoms with van der Waals surface area (Å²) in [6, 6.07) is 11.4. The van der Waals surface area contributed by atoms with Crippen LogP contribution in [0.1, 0.15) is 43.9 Å². The van der Waals surface area contributed by atoms with Gasteiger partial charge in [0.25, 0.3) is 0 Å². The molecule has 14 heteroatoms. The van der Waals surface area contributed by atoms with E-state index in [1.807, 2.05) is 40.1 Å². The molecule has 6 rings (SSSR count). The molecule has 0 spiro atoms. The van der Waals surface area contributed by atoms with Crippen LogP contribution >= 0.6 is 48.0 Å². The predicted octanol–water partition coefficient (Wildman–Crippen LogP) is 4.95. The van der Waals surface area contributed by atoms with Crippen molar-refractivity contribution in [3.8, 4) is 0 Å². The van der Waals surface area contributed by atoms with Crippen molar-refractivity contribution in [3.05, 3.63) is 76.6 Å². The lowest BCUT2D eigenvalue weighted by molar-refractivity contribution is -0.142. The van der Waals surface area contributed by atoms with E-state index in [0.717, 1.165) is 76.7 Å². The first kappa shape index (κ1) is 44.0. The monoisotopic (exact) mass is 797 g/mol. The van der Waals surface area contributed by atoms with Crippen molar-refractivity contribution in [2.24, 2.45) is 0 Å². The highest BCUT2D eigenvalue weighted by Crippen LogP contribution is 2.24. The summed E-state index contributed by atoms with van der Waals surface area (Å²) in [6.07, 6.45) is 9.35. The number of rotatable bonds is 10. The number of benzene rings is 1. The molecule has 4 aliphatic heterocycles. The maximum Gasteiger partial charge on any atom is 0.229 e. The molecule has 4 saturated heterocycles. The van der Waals surface area contributed by atoms with E-state index in [0.29, 0.717) is 42.5 Å². The van der Waals surface area contributed by atoms with Crippen LogP contribution in [0.2, 0.25) is 10.0 Å². The SMILES string of the molecule is C=CCN1CCN(C(=O)Cc2ccc(Cl)c(Cl)c2)C(CN2CCCC2)C1.CC(=O)N1CCN(C(=O)Cc2ccccn2)C(CN2CCCC2)C1.Cl.Cl. The number of piperazine rings is 2. The molecule has 0 aliphatic carbocycles. The van der Waals surface area contributed by atoms with Gasteiger partial charge in [0.15, 0.2) is 0 Å². The summed E-state index contributed by atoms with van der Waals surface area (Å²) in [5, 5.41) is 1.02. The molecule has 10 nitrogen and oxygen atoms in total. The Balaban J connectivity index is 0.000000271. The lowest BCUT2D eigenvalue weighted by Crippen LogP contribution is -2.59. The molecule has 1 aromatic carbocycles. The Morgan fingerprint density at radius 2 is 1.35 bits per heavy atom. The topological polar surface area (TPSA) is 83.5 Å². The summed E-state index contributed by atoms with van der Waals surface area (Å²) in [5.74, 6) is 0.380. The first-order chi connectivity index (χ1) is 24.2. The lowest BCUT2D eigenvalue weighted by atomic mass is 10.1. The third kappa shape index (κ3) is 12.9. The van der Waals surface area contributed by atoms with Crippen LogP contribution in [0.4, 0.5) is 0 Å². The maximum atomic E-state index is 13.0. The fourth-order valence-corrected chi connectivity index (χ4v) is 7.91. The van der Waals surface area contributed by atoms with E-state index in [1.165, 1.54) is 25.7 Å². The molecule has 0 radical (unpaired) electrons. The van der Waals surface area contributed by atoms with Gasteiger partial charge in [-0.15, -0.1) is 31.4 Å². The molecule has 0 bridgehead atoms. The molecular formula is C38H55Cl4N7O3. The van der Waals surface area contributed by atoms with Gasteiger partial charge in [0.05, 0.1) is 35.0 Å². The third-order valence-electron chi connectivity index (χ3n) is 10.3. The molecule has 0 N–H and O–H groups in total. The molecule has 2 unspecified atom stereocenters. The number of carbonyl (C=O) groups excluding carboxylic acids is 3. The van der Waals surface area contributed by atoms with E-state index in [2.05, 4.69) is 31.2 Å². The molecular weight excluding hydrogens is 744 g/mol. The van der Waals surface area contributed by atoms with Gasteiger partial charge in [0.2, 0.25) is 17.7 Å². The first-order valence-corrected chi connectivity index (χ1v) is 18.9. The zero-order chi connectivity index (χ0) is 35.5. The van der Waals surface area contributed by atoms with Gasteiger partial charge in [-0.3, -0.25) is 24.3 Å². The fourth-order valence-electron chi connectivity index (χ4n) is 7.59. The molecule has 4 fully saturated rings. The van der Waals surface area contributed by atoms with Crippen LogP contribution in [0.25, 0.3) is 0 Å². The molecule has 4 aliphatic rings. The first-order valence-electron chi connectivity index (χ1n) is 18.2. The third-order valence-corrected chi connectivity index (χ3v) is 11.0. The average Bonchev–Trinajstić information content (AvgIpc) is 3.82. The summed E-state index contributed by atoms with van der Waals surface area (Å²) in [5.41, 5.74) is 1.72. The number of aromatic nitrogens is 1. The van der Waals surface area contributed by atoms with Crippen LogP contribution in [0.3, 0.4) is 0 Å². The van der Waals surface area contributed by atoms with Crippen LogP contribution < -0.4 is 0 Å². The summed E-state index contributed by atoms with van der Waals surface area (Å²) >= 11 is 12.1. The van der Waals surface area contributed by atoms with Crippen LogP contribution in [0, 0.1) is 0 Å². The number of likely N-dealkylation sites (tertiary alicyclic amines) is 2. The van der Waals surface area contributed by atoms with E-state index in [1.54, 1.807) is 25.3 Å². The van der Waals surface area contributed by atoms with Crippen LogP contribution in [-0.4, -0.2) is 149 Å². The summed E-state index contributed by atoms with van der Waals surface area (Å²) < 4.78 is 0. The molecule has 2 aromatic rings. The highest BCUT2D eigenvalue weighted by atomic mass is 35.5. The minimum atomic E-state index is 0. The standard InChI is InChI=1S/C20H27Cl2N3O.C18H26N4O2.2ClH/c1-2-7-23-10-11-25(17(14-23)15-24-8-3-4-9-24)20(26)13-16-5-6-18(21)19(22)12-16;1-15(23)21-10-11-22(17(14-21)13-20-8-4-5-9-20)18(24)12-16-6-2-3-7-19-16;;/h2,5-6,12,17H,1,3-4,7-11,13-15H2;2-3,6-7,17H,4-5,8-14H2,1H3;2*1H. The highest BCUT2D eigenvalue weighted by Gasteiger charge is 2.34. The zero-order valence-electron chi connectivity index (χ0n) is 30.3. The van der Waals surface area contributed by atoms with Gasteiger partial charge >= 0.3 is 0 Å². The molecule has 5 heterocycles. The summed E-state index contributed by atoms with van der Waals surface area (Å²) in [7, 11) is 0. The Bertz CT molecular complexity index is 1440. The molecule has 1 aromatic heterocycles. The fraction of sp³-hybridized carbons (Fsp3) is 0.579. The normalized spacial score (nSPS) is 21.1. The number of pyridine rings is 1. The number of nitrogens with zero attached hydrogens (tertiary/aromatic N) is 7. The molecule has 2 atom stereocenters. The second-order valence-electron chi connectivity index (χ2n) is 13.9. The maximum absolute atomic E-state index is 13.0. The summed E-state index contributed by atoms with van der Waals surface area (Å²) in [6.45, 7) is 17.1. The Hall–Kier alpha value is -2.44. The largest absolute Gasteiger partial charge is 0.339 e. The number of halogens is 4. The van der Waals surface area contributed by atoms with Gasteiger partial charge in [0.1, 0.15) is 0 Å². The van der Waals surface area contributed by atoms with E-state index in [-0.39, 0.29) is 54.6 Å². The Labute approximate surface area is 332 Å². The van der Waals surface area contributed by atoms with E-state index < -0.39 is 0 Å². The van der Waals surface area contributed by atoms with Crippen molar-refractivity contribution >= 4 is 65.7 Å². The van der Waals surface area contributed by atoms with Gasteiger partial charge in [-0.1, -0.05) is 41.4 Å². The quantitative estimate of drug-likeness (QED) is 0.315. The zero-order valence-corrected chi connectivity index (χ0v) is 33.5. The van der Waals surface area contributed by atoms with Crippen LogP contribution in [0.5, 0.6) is 0 Å². The number of carbonyl (C=O) groups is 3. The van der Waals surface area contributed by atoms with E-state index >= 15 is 0 Å². The van der Waals surface area contributed by atoms with E-state index in [4.69, 9.17) is 23.2 Å². The highest BCUT2D eigenvalue weighted by molar-refractivity contribution is 6.42. The van der Waals surface area contributed by atoms with Crippen molar-refractivity contribution in [3.63, 3.8) is 0 Å². The van der Waals surface area contributed by atoms with Crippen molar-refractivity contribution < 1.29 is 14.4 Å². The Morgan fingerprint density at radius 3 is 1.90 bits per heavy atom. The minimum absolute atomic E-state index is 0. The van der Waals surface area contributed by atoms with Crippen molar-refractivity contribution in [2.75, 3.05) is 85.1 Å². The van der Waals surface area contributed by atoms with Gasteiger partial charge in [-0.25, -0.2) is 0 Å². The van der Waals surface area contributed by atoms with Gasteiger partial charge in [0, 0.05) is 77.7 Å². The van der Waals surface area contributed by atoms with Crippen LogP contribution in [-0.2, 0) is 27.2 Å². The van der Waals surface area contributed by atoms with Gasteiger partial charge in [-0.2, -0.15) is 0 Å². The second kappa shape index (κ2) is 22.1. The molecule has 52 heavy (non-hydrogen) atoms. The summed E-state index contributed by atoms with van der Waals surface area (Å²) in [4.78, 5) is 55.0. The average molecular weight is 800 g/mol. The molecule has 0 saturated carbocycles. The lowest BCUT2D eigenvalue weighted by Gasteiger charge is -2.42. The minimum Gasteiger partial charge on any atom is -0.339 e. The van der Waals surface area contributed by atoms with Crippen molar-refractivity contribution in [2.45, 2.75) is 57.5 Å². The Morgan fingerprint density at radius 1 is 0.750 bits per heavy atom. The molecule has 288 valence electrons. The van der Waals surface area contributed by atoms with E-state index in [9.17, 15) is 14.4 Å². The van der Waals surface area contributed by atoms with Gasteiger partial charge < -0.3 is 24.5 Å².